The molecule has 18 heavy (non-hydrogen) atoms. The molecule has 100 valence electrons. The number of hydrogen-bond acceptors (Lipinski definition) is 4. The Morgan fingerprint density at radius 1 is 1.56 bits per heavy atom. The lowest BCUT2D eigenvalue weighted by Gasteiger charge is -2.25. The summed E-state index contributed by atoms with van der Waals surface area (Å²) < 4.78 is 5.60. The molecule has 1 saturated heterocycles. The summed E-state index contributed by atoms with van der Waals surface area (Å²) in [5.74, 6) is 2.55. The monoisotopic (exact) mass is 269 g/mol. The van der Waals surface area contributed by atoms with Crippen LogP contribution in [0, 0.1) is 5.92 Å². The van der Waals surface area contributed by atoms with E-state index in [1.807, 2.05) is 13.8 Å². The van der Waals surface area contributed by atoms with Crippen LogP contribution in [0.3, 0.4) is 0 Å². The molecular weight excluding hydrogens is 250 g/mol. The van der Waals surface area contributed by atoms with Gasteiger partial charge in [0.15, 0.2) is 0 Å². The summed E-state index contributed by atoms with van der Waals surface area (Å²) >= 11 is 6.04. The van der Waals surface area contributed by atoms with E-state index in [1.54, 1.807) is 12.3 Å². The second-order valence-electron chi connectivity index (χ2n) is 5.04. The molecule has 0 saturated carbocycles. The number of nitrogens with zero attached hydrogens (tertiary/aromatic N) is 3. The van der Waals surface area contributed by atoms with Crippen LogP contribution < -0.4 is 9.64 Å². The fourth-order valence-corrected chi connectivity index (χ4v) is 2.74. The second kappa shape index (κ2) is 5.74. The number of aromatic nitrogens is 2. The van der Waals surface area contributed by atoms with Crippen LogP contribution in [0.15, 0.2) is 12.3 Å². The van der Waals surface area contributed by atoms with Gasteiger partial charge in [0.05, 0.1) is 6.10 Å². The largest absolute Gasteiger partial charge is 0.475 e. The van der Waals surface area contributed by atoms with E-state index in [0.29, 0.717) is 23.7 Å². The molecule has 0 radical (unpaired) electrons. The maximum Gasteiger partial charge on any atom is 0.228 e. The number of ether oxygens (including phenoxy) is 1. The van der Waals surface area contributed by atoms with E-state index in [-0.39, 0.29) is 6.10 Å². The summed E-state index contributed by atoms with van der Waals surface area (Å²) in [5, 5.41) is 0. The lowest BCUT2D eigenvalue weighted by Crippen LogP contribution is -2.34. The summed E-state index contributed by atoms with van der Waals surface area (Å²) in [7, 11) is 0. The molecule has 2 rings (SSSR count). The number of rotatable bonds is 4. The predicted molar refractivity (Wildman–Crippen MR) is 73.4 cm³/mol. The Hall–Kier alpha value is -1.03. The van der Waals surface area contributed by atoms with E-state index >= 15 is 0 Å². The highest BCUT2D eigenvalue weighted by molar-refractivity contribution is 6.18. The average Bonchev–Trinajstić information content (AvgIpc) is 2.70. The van der Waals surface area contributed by atoms with Gasteiger partial charge in [0.1, 0.15) is 0 Å². The zero-order valence-electron chi connectivity index (χ0n) is 11.1. The number of anilines is 1. The van der Waals surface area contributed by atoms with Gasteiger partial charge in [-0.05, 0) is 26.2 Å². The van der Waals surface area contributed by atoms with Crippen molar-refractivity contribution in [3.63, 3.8) is 0 Å². The molecule has 4 nitrogen and oxygen atoms in total. The molecule has 0 N–H and O–H groups in total. The first-order valence-corrected chi connectivity index (χ1v) is 6.97. The number of halogens is 1. The molecule has 2 unspecified atom stereocenters. The van der Waals surface area contributed by atoms with Gasteiger partial charge in [0.25, 0.3) is 0 Å². The molecule has 2 heterocycles. The Morgan fingerprint density at radius 3 is 3.00 bits per heavy atom. The Bertz CT molecular complexity index is 400. The first-order valence-electron chi connectivity index (χ1n) is 6.44. The minimum atomic E-state index is 0.120. The van der Waals surface area contributed by atoms with Crippen LogP contribution in [0.4, 0.5) is 5.95 Å². The van der Waals surface area contributed by atoms with Crippen molar-refractivity contribution in [1.29, 1.82) is 0 Å². The van der Waals surface area contributed by atoms with Crippen molar-refractivity contribution in [1.82, 2.24) is 9.97 Å². The molecule has 0 aliphatic carbocycles. The van der Waals surface area contributed by atoms with Crippen LogP contribution in [0.1, 0.15) is 27.2 Å². The highest BCUT2D eigenvalue weighted by Crippen LogP contribution is 2.28. The molecule has 1 aliphatic heterocycles. The molecule has 0 aromatic carbocycles. The Morgan fingerprint density at radius 2 is 2.33 bits per heavy atom. The summed E-state index contributed by atoms with van der Waals surface area (Å²) in [6, 6.07) is 2.11. The standard InChI is InChI=1S/C13H20ClN3O/c1-9(2)18-12-4-6-15-13(16-12)17-7-5-10(3)11(17)8-14/h4,6,9-11H,5,7-8H2,1-3H3. The first kappa shape index (κ1) is 13.4. The van der Waals surface area contributed by atoms with Gasteiger partial charge in [-0.15, -0.1) is 11.6 Å². The van der Waals surface area contributed by atoms with Gasteiger partial charge in [-0.1, -0.05) is 6.92 Å². The van der Waals surface area contributed by atoms with Crippen LogP contribution in [-0.2, 0) is 0 Å². The van der Waals surface area contributed by atoms with E-state index in [9.17, 15) is 0 Å². The van der Waals surface area contributed by atoms with Crippen LogP contribution in [0.5, 0.6) is 5.88 Å². The van der Waals surface area contributed by atoms with E-state index in [2.05, 4.69) is 21.8 Å². The molecule has 0 spiro atoms. The van der Waals surface area contributed by atoms with Crippen molar-refractivity contribution >= 4 is 17.5 Å². The molecule has 0 amide bonds. The van der Waals surface area contributed by atoms with Crippen LogP contribution >= 0.6 is 11.6 Å². The zero-order chi connectivity index (χ0) is 13.1. The fourth-order valence-electron chi connectivity index (χ4n) is 2.27. The SMILES string of the molecule is CC(C)Oc1ccnc(N2CCC(C)C2CCl)n1. The van der Waals surface area contributed by atoms with Gasteiger partial charge >= 0.3 is 0 Å². The van der Waals surface area contributed by atoms with E-state index in [0.717, 1.165) is 18.9 Å². The van der Waals surface area contributed by atoms with E-state index < -0.39 is 0 Å². The van der Waals surface area contributed by atoms with Crippen molar-refractivity contribution in [2.75, 3.05) is 17.3 Å². The Labute approximate surface area is 113 Å². The summed E-state index contributed by atoms with van der Waals surface area (Å²) in [6.45, 7) is 7.16. The van der Waals surface area contributed by atoms with Gasteiger partial charge in [-0.25, -0.2) is 4.98 Å². The number of hydrogen-bond donors (Lipinski definition) is 0. The molecule has 1 aromatic rings. The third-order valence-electron chi connectivity index (χ3n) is 3.27. The lowest BCUT2D eigenvalue weighted by atomic mass is 10.1. The Kier molecular flexibility index (Phi) is 4.27. The van der Waals surface area contributed by atoms with Crippen LogP contribution in [0.2, 0.25) is 0 Å². The quantitative estimate of drug-likeness (QED) is 0.788. The van der Waals surface area contributed by atoms with Gasteiger partial charge < -0.3 is 9.64 Å². The molecular formula is C13H20ClN3O. The molecule has 2 atom stereocenters. The van der Waals surface area contributed by atoms with Crippen molar-refractivity contribution in [2.24, 2.45) is 5.92 Å². The van der Waals surface area contributed by atoms with Crippen molar-refractivity contribution < 1.29 is 4.74 Å². The molecule has 5 heteroatoms. The van der Waals surface area contributed by atoms with Crippen molar-refractivity contribution in [3.8, 4) is 5.88 Å². The predicted octanol–water partition coefficient (Wildman–Crippen LogP) is 2.72. The maximum absolute atomic E-state index is 6.04. The Balaban J connectivity index is 2.17. The lowest BCUT2D eigenvalue weighted by molar-refractivity contribution is 0.232. The summed E-state index contributed by atoms with van der Waals surface area (Å²) in [6.07, 6.45) is 3.00. The van der Waals surface area contributed by atoms with Crippen LogP contribution in [0.25, 0.3) is 0 Å². The van der Waals surface area contributed by atoms with Gasteiger partial charge in [0.2, 0.25) is 11.8 Å². The second-order valence-corrected chi connectivity index (χ2v) is 5.35. The first-order chi connectivity index (χ1) is 8.61. The average molecular weight is 270 g/mol. The maximum atomic E-state index is 6.04. The third kappa shape index (κ3) is 2.86. The third-order valence-corrected chi connectivity index (χ3v) is 3.59. The highest BCUT2D eigenvalue weighted by atomic mass is 35.5. The molecule has 1 aliphatic rings. The van der Waals surface area contributed by atoms with E-state index in [1.165, 1.54) is 0 Å². The summed E-state index contributed by atoms with van der Waals surface area (Å²) in [4.78, 5) is 11.0. The van der Waals surface area contributed by atoms with Crippen molar-refractivity contribution in [2.45, 2.75) is 39.3 Å². The minimum Gasteiger partial charge on any atom is -0.475 e. The molecule has 0 bridgehead atoms. The smallest absolute Gasteiger partial charge is 0.228 e. The fraction of sp³-hybridized carbons (Fsp3) is 0.692. The molecule has 1 aromatic heterocycles. The summed E-state index contributed by atoms with van der Waals surface area (Å²) in [5.41, 5.74) is 0. The zero-order valence-corrected chi connectivity index (χ0v) is 11.9. The highest BCUT2D eigenvalue weighted by Gasteiger charge is 2.32. The number of alkyl halides is 1. The van der Waals surface area contributed by atoms with Crippen LogP contribution in [-0.4, -0.2) is 34.5 Å². The van der Waals surface area contributed by atoms with Gasteiger partial charge in [-0.3, -0.25) is 0 Å². The normalized spacial score (nSPS) is 23.7. The topological polar surface area (TPSA) is 38.2 Å². The molecule has 1 fully saturated rings. The van der Waals surface area contributed by atoms with E-state index in [4.69, 9.17) is 16.3 Å². The van der Waals surface area contributed by atoms with Crippen molar-refractivity contribution in [3.05, 3.63) is 12.3 Å². The van der Waals surface area contributed by atoms with Gasteiger partial charge in [0, 0.05) is 30.7 Å². The van der Waals surface area contributed by atoms with Gasteiger partial charge in [-0.2, -0.15) is 4.98 Å². The minimum absolute atomic E-state index is 0.120.